The topological polar surface area (TPSA) is 30.9 Å². The summed E-state index contributed by atoms with van der Waals surface area (Å²) >= 11 is 0. The van der Waals surface area contributed by atoms with E-state index in [2.05, 4.69) is 13.2 Å². The smallest absolute Gasteiger partial charge is 0.160 e. The largest absolute Gasteiger partial charge is 0.490 e. The highest BCUT2D eigenvalue weighted by Crippen LogP contribution is 2.34. The monoisotopic (exact) mass is 309 g/mol. The maximum absolute atomic E-state index is 5.87. The number of benzene rings is 2. The molecule has 0 saturated heterocycles. The normalized spacial score (nSPS) is 12.3. The molecule has 1 aliphatic rings. The van der Waals surface area contributed by atoms with Crippen molar-refractivity contribution in [3.63, 3.8) is 0 Å². The lowest BCUT2D eigenvalue weighted by Gasteiger charge is -2.16. The Morgan fingerprint density at radius 3 is 2.30 bits per heavy atom. The predicted octanol–water partition coefficient (Wildman–Crippen LogP) is 4.13. The van der Waals surface area contributed by atoms with Crippen LogP contribution in [0.25, 0.3) is 0 Å². The average molecular weight is 309 g/mol. The second-order valence-corrected chi connectivity index (χ2v) is 5.09. The number of rotatable bonds is 7. The van der Waals surface area contributed by atoms with E-state index < -0.39 is 0 Å². The van der Waals surface area contributed by atoms with E-state index in [-0.39, 0.29) is 0 Å². The third kappa shape index (κ3) is 3.48. The van der Waals surface area contributed by atoms with E-state index in [1.807, 2.05) is 47.5 Å². The van der Waals surface area contributed by atoms with Crippen molar-refractivity contribution < 1.29 is 14.3 Å². The van der Waals surface area contributed by atoms with E-state index in [1.54, 1.807) is 12.2 Å². The molecule has 2 aromatic rings. The highest BCUT2D eigenvalue weighted by Gasteiger charge is 2.22. The molecule has 0 amide bonds. The van der Waals surface area contributed by atoms with Gasteiger partial charge in [0.1, 0.15) is 24.7 Å². The van der Waals surface area contributed by atoms with Crippen LogP contribution in [0.2, 0.25) is 0 Å². The summed E-state index contributed by atoms with van der Waals surface area (Å²) in [4.78, 5) is 5.87. The van der Waals surface area contributed by atoms with Crippen LogP contribution in [0.15, 0.2) is 67.8 Å². The molecular weight excluding hydrogens is 290 g/mol. The van der Waals surface area contributed by atoms with Gasteiger partial charge in [0, 0.05) is 5.56 Å². The molecule has 0 fully saturated rings. The Hall–Kier alpha value is -2.88. The van der Waals surface area contributed by atoms with Gasteiger partial charge in [-0.1, -0.05) is 25.3 Å². The fourth-order valence-corrected chi connectivity index (χ4v) is 2.33. The molecule has 0 saturated carbocycles. The Bertz CT molecular complexity index is 694. The summed E-state index contributed by atoms with van der Waals surface area (Å²) in [6.07, 6.45) is 3.45. The Morgan fingerprint density at radius 1 is 0.957 bits per heavy atom. The summed E-state index contributed by atoms with van der Waals surface area (Å²) in [6.45, 7) is 8.96. The van der Waals surface area contributed by atoms with E-state index in [9.17, 15) is 0 Å². The molecule has 0 aliphatic carbocycles. The number of fused-ring (bicyclic) bond motifs is 1. The van der Waals surface area contributed by atoms with Gasteiger partial charge in [0.05, 0.1) is 12.2 Å². The highest BCUT2D eigenvalue weighted by atomic mass is 16.7. The third-order valence-corrected chi connectivity index (χ3v) is 3.41. The van der Waals surface area contributed by atoms with Gasteiger partial charge in [-0.15, -0.1) is 0 Å². The van der Waals surface area contributed by atoms with Crippen LogP contribution >= 0.6 is 0 Å². The van der Waals surface area contributed by atoms with Crippen LogP contribution in [0.3, 0.4) is 0 Å². The maximum Gasteiger partial charge on any atom is 0.160 e. The van der Waals surface area contributed by atoms with Crippen LogP contribution in [0.5, 0.6) is 17.2 Å². The second kappa shape index (κ2) is 6.92. The van der Waals surface area contributed by atoms with E-state index in [1.165, 1.54) is 0 Å². The van der Waals surface area contributed by atoms with E-state index >= 15 is 0 Å². The number of anilines is 1. The fourth-order valence-electron chi connectivity index (χ4n) is 2.33. The quantitative estimate of drug-likeness (QED) is 0.720. The van der Waals surface area contributed by atoms with Gasteiger partial charge in [0.2, 0.25) is 0 Å². The van der Waals surface area contributed by atoms with Crippen molar-refractivity contribution >= 4 is 5.69 Å². The molecule has 1 heterocycles. The number of nitrogens with zero attached hydrogens (tertiary/aromatic N) is 1. The van der Waals surface area contributed by atoms with E-state index in [0.717, 1.165) is 28.5 Å². The summed E-state index contributed by atoms with van der Waals surface area (Å²) in [7, 11) is 0. The average Bonchev–Trinajstić information content (AvgIpc) is 3.01. The SMILES string of the molecule is C=CCOc1ccc(N2Cc3cc(OCC=C)ccc3O2)cc1. The van der Waals surface area contributed by atoms with Crippen molar-refractivity contribution in [2.45, 2.75) is 6.54 Å². The van der Waals surface area contributed by atoms with E-state index in [0.29, 0.717) is 19.8 Å². The molecule has 0 N–H and O–H groups in total. The minimum Gasteiger partial charge on any atom is -0.490 e. The predicted molar refractivity (Wildman–Crippen MR) is 91.1 cm³/mol. The summed E-state index contributed by atoms with van der Waals surface area (Å²) in [5.74, 6) is 2.48. The molecule has 118 valence electrons. The van der Waals surface area contributed by atoms with Crippen LogP contribution in [-0.4, -0.2) is 13.2 Å². The first-order valence-electron chi connectivity index (χ1n) is 7.46. The molecule has 0 aromatic heterocycles. The zero-order chi connectivity index (χ0) is 16.1. The van der Waals surface area contributed by atoms with Crippen LogP contribution in [-0.2, 0) is 6.54 Å². The fraction of sp³-hybridized carbons (Fsp3) is 0.158. The summed E-state index contributed by atoms with van der Waals surface area (Å²) < 4.78 is 11.0. The van der Waals surface area contributed by atoms with Crippen molar-refractivity contribution in [2.24, 2.45) is 0 Å². The number of hydroxylamine groups is 1. The molecule has 23 heavy (non-hydrogen) atoms. The van der Waals surface area contributed by atoms with Crippen molar-refractivity contribution in [1.29, 1.82) is 0 Å². The van der Waals surface area contributed by atoms with Gasteiger partial charge in [0.25, 0.3) is 0 Å². The van der Waals surface area contributed by atoms with E-state index in [4.69, 9.17) is 14.3 Å². The molecule has 0 radical (unpaired) electrons. The Balaban J connectivity index is 1.68. The van der Waals surface area contributed by atoms with Gasteiger partial charge < -0.3 is 14.3 Å². The lowest BCUT2D eigenvalue weighted by Crippen LogP contribution is -2.19. The Labute approximate surface area is 136 Å². The Morgan fingerprint density at radius 2 is 1.61 bits per heavy atom. The number of hydrogen-bond acceptors (Lipinski definition) is 4. The Kier molecular flexibility index (Phi) is 4.52. The molecule has 1 aliphatic heterocycles. The van der Waals surface area contributed by atoms with Crippen molar-refractivity contribution in [1.82, 2.24) is 0 Å². The van der Waals surface area contributed by atoms with Gasteiger partial charge in [-0.25, -0.2) is 5.06 Å². The first-order chi connectivity index (χ1) is 11.3. The highest BCUT2D eigenvalue weighted by molar-refractivity contribution is 5.53. The van der Waals surface area contributed by atoms with Crippen LogP contribution < -0.4 is 19.4 Å². The van der Waals surface area contributed by atoms with Crippen LogP contribution in [0, 0.1) is 0 Å². The molecule has 0 bridgehead atoms. The standard InChI is InChI=1S/C19H19NO3/c1-3-11-21-17-7-5-16(6-8-17)20-14-15-13-18(22-12-4-2)9-10-19(15)23-20/h3-10,13H,1-2,11-12,14H2. The first-order valence-corrected chi connectivity index (χ1v) is 7.46. The second-order valence-electron chi connectivity index (χ2n) is 5.09. The molecule has 2 aromatic carbocycles. The summed E-state index contributed by atoms with van der Waals surface area (Å²) in [5.41, 5.74) is 2.07. The first kappa shape index (κ1) is 15.0. The third-order valence-electron chi connectivity index (χ3n) is 3.41. The molecule has 4 heteroatoms. The maximum atomic E-state index is 5.87. The number of hydrogen-bond donors (Lipinski definition) is 0. The van der Waals surface area contributed by atoms with Gasteiger partial charge in [-0.2, -0.15) is 0 Å². The molecular formula is C19H19NO3. The van der Waals surface area contributed by atoms with Crippen molar-refractivity contribution in [3.05, 3.63) is 73.3 Å². The van der Waals surface area contributed by atoms with Gasteiger partial charge >= 0.3 is 0 Å². The van der Waals surface area contributed by atoms with Crippen LogP contribution in [0.4, 0.5) is 5.69 Å². The molecule has 0 unspecified atom stereocenters. The summed E-state index contributed by atoms with van der Waals surface area (Å²) in [6, 6.07) is 13.6. The number of ether oxygens (including phenoxy) is 2. The van der Waals surface area contributed by atoms with Gasteiger partial charge in [0.15, 0.2) is 5.75 Å². The summed E-state index contributed by atoms with van der Waals surface area (Å²) in [5, 5.41) is 1.85. The van der Waals surface area contributed by atoms with Crippen molar-refractivity contribution in [3.8, 4) is 17.2 Å². The zero-order valence-electron chi connectivity index (χ0n) is 12.9. The molecule has 4 nitrogen and oxygen atoms in total. The lowest BCUT2D eigenvalue weighted by molar-refractivity contribution is 0.308. The molecule has 0 spiro atoms. The minimum atomic E-state index is 0.496. The van der Waals surface area contributed by atoms with Crippen LogP contribution in [0.1, 0.15) is 5.56 Å². The lowest BCUT2D eigenvalue weighted by atomic mass is 10.2. The van der Waals surface area contributed by atoms with Gasteiger partial charge in [-0.05, 0) is 42.5 Å². The molecule has 0 atom stereocenters. The minimum absolute atomic E-state index is 0.496. The van der Waals surface area contributed by atoms with Gasteiger partial charge in [-0.3, -0.25) is 0 Å². The van der Waals surface area contributed by atoms with Crippen molar-refractivity contribution in [2.75, 3.05) is 18.3 Å². The molecule has 3 rings (SSSR count). The zero-order valence-corrected chi connectivity index (χ0v) is 12.9.